The molecule has 2 aliphatic rings. The first kappa shape index (κ1) is 18.9. The number of sulfone groups is 1. The zero-order valence-electron chi connectivity index (χ0n) is 16.0. The second-order valence-corrected chi connectivity index (χ2v) is 9.11. The van der Waals surface area contributed by atoms with Gasteiger partial charge in [-0.25, -0.2) is 8.42 Å². The minimum absolute atomic E-state index is 0.0921. The molecule has 2 aliphatic heterocycles. The van der Waals surface area contributed by atoms with Gasteiger partial charge in [0.2, 0.25) is 0 Å². The average molecular weight is 397 g/mol. The van der Waals surface area contributed by atoms with Crippen molar-refractivity contribution in [1.82, 2.24) is 9.80 Å². The topological polar surface area (TPSA) is 57.7 Å². The number of rotatable bonds is 4. The number of nitrogens with zero attached hydrogens (tertiary/aromatic N) is 2. The van der Waals surface area contributed by atoms with Crippen molar-refractivity contribution in [3.8, 4) is 0 Å². The zero-order valence-corrected chi connectivity index (χ0v) is 16.8. The summed E-state index contributed by atoms with van der Waals surface area (Å²) in [6.07, 6.45) is 2.58. The normalized spacial score (nSPS) is 18.2. The summed E-state index contributed by atoms with van der Waals surface area (Å²) < 4.78 is 24.1. The largest absolute Gasteiger partial charge is 0.336 e. The van der Waals surface area contributed by atoms with Crippen molar-refractivity contribution in [1.29, 1.82) is 0 Å². The van der Waals surface area contributed by atoms with Gasteiger partial charge in [0.25, 0.3) is 5.91 Å². The number of carbonyl (C=O) groups excluding carboxylic acids is 1. The lowest BCUT2D eigenvalue weighted by Gasteiger charge is -2.35. The molecule has 1 amide bonds. The van der Waals surface area contributed by atoms with Crippen molar-refractivity contribution in [2.24, 2.45) is 0 Å². The highest BCUT2D eigenvalue weighted by Crippen LogP contribution is 2.30. The Morgan fingerprint density at radius 1 is 0.964 bits per heavy atom. The van der Waals surface area contributed by atoms with E-state index in [4.69, 9.17) is 0 Å². The standard InChI is InChI=1S/C22H24N2O3S/c1-2-17-6-8-18(9-7-17)16-23-11-13-24(14-12-23)22(25)20-4-3-5-21-19(20)10-15-28(21,26)27/h3-10,15H,2,11-14,16H2,1H3. The summed E-state index contributed by atoms with van der Waals surface area (Å²) in [7, 11) is -3.40. The molecule has 4 rings (SSSR count). The van der Waals surface area contributed by atoms with E-state index < -0.39 is 9.84 Å². The van der Waals surface area contributed by atoms with Crippen LogP contribution >= 0.6 is 0 Å². The Bertz CT molecular complexity index is 1020. The molecule has 0 radical (unpaired) electrons. The van der Waals surface area contributed by atoms with E-state index in [0.717, 1.165) is 26.1 Å². The predicted octanol–water partition coefficient (Wildman–Crippen LogP) is 2.97. The van der Waals surface area contributed by atoms with E-state index >= 15 is 0 Å². The molecule has 0 saturated carbocycles. The molecule has 6 heteroatoms. The molecule has 0 atom stereocenters. The van der Waals surface area contributed by atoms with Crippen LogP contribution in [0, 0.1) is 0 Å². The van der Waals surface area contributed by atoms with Crippen LogP contribution in [-0.2, 0) is 22.8 Å². The molecule has 146 valence electrons. The lowest BCUT2D eigenvalue weighted by atomic mass is 10.1. The van der Waals surface area contributed by atoms with E-state index in [0.29, 0.717) is 24.2 Å². The van der Waals surface area contributed by atoms with Crippen LogP contribution in [0.4, 0.5) is 0 Å². The van der Waals surface area contributed by atoms with E-state index in [2.05, 4.69) is 36.1 Å². The molecule has 0 aliphatic carbocycles. The molecule has 0 bridgehead atoms. The van der Waals surface area contributed by atoms with Gasteiger partial charge < -0.3 is 4.90 Å². The number of fused-ring (bicyclic) bond motifs is 1. The van der Waals surface area contributed by atoms with Gasteiger partial charge in [-0.2, -0.15) is 0 Å². The molecule has 0 N–H and O–H groups in total. The van der Waals surface area contributed by atoms with Crippen molar-refractivity contribution in [2.45, 2.75) is 24.8 Å². The summed E-state index contributed by atoms with van der Waals surface area (Å²) >= 11 is 0. The van der Waals surface area contributed by atoms with Gasteiger partial charge >= 0.3 is 0 Å². The number of benzene rings is 2. The quantitative estimate of drug-likeness (QED) is 0.797. The van der Waals surface area contributed by atoms with Crippen molar-refractivity contribution in [3.63, 3.8) is 0 Å². The van der Waals surface area contributed by atoms with E-state index in [9.17, 15) is 13.2 Å². The fourth-order valence-corrected chi connectivity index (χ4v) is 5.01. The van der Waals surface area contributed by atoms with Crippen molar-refractivity contribution in [2.75, 3.05) is 26.2 Å². The average Bonchev–Trinajstić information content (AvgIpc) is 3.04. The third kappa shape index (κ3) is 3.62. The first-order chi connectivity index (χ1) is 13.5. The van der Waals surface area contributed by atoms with Gasteiger partial charge in [-0.3, -0.25) is 9.69 Å². The Morgan fingerprint density at radius 3 is 2.32 bits per heavy atom. The molecule has 0 spiro atoms. The number of piperazine rings is 1. The van der Waals surface area contributed by atoms with Crippen LogP contribution in [0.3, 0.4) is 0 Å². The van der Waals surface area contributed by atoms with E-state index in [1.165, 1.54) is 22.6 Å². The second-order valence-electron chi connectivity index (χ2n) is 7.30. The van der Waals surface area contributed by atoms with Crippen LogP contribution in [0.2, 0.25) is 0 Å². The molecular formula is C22H24N2O3S. The maximum Gasteiger partial charge on any atom is 0.254 e. The minimum atomic E-state index is -3.40. The molecule has 2 aromatic rings. The number of amides is 1. The second kappa shape index (κ2) is 7.53. The van der Waals surface area contributed by atoms with Crippen LogP contribution in [0.1, 0.15) is 34.0 Å². The fourth-order valence-electron chi connectivity index (χ4n) is 3.80. The molecule has 5 nitrogen and oxygen atoms in total. The van der Waals surface area contributed by atoms with Gasteiger partial charge in [0.1, 0.15) is 0 Å². The number of hydrogen-bond acceptors (Lipinski definition) is 4. The zero-order chi connectivity index (χ0) is 19.7. The van der Waals surface area contributed by atoms with E-state index in [1.54, 1.807) is 18.2 Å². The highest BCUT2D eigenvalue weighted by Gasteiger charge is 2.28. The minimum Gasteiger partial charge on any atom is -0.336 e. The van der Waals surface area contributed by atoms with Crippen LogP contribution < -0.4 is 0 Å². The third-order valence-electron chi connectivity index (χ3n) is 5.51. The van der Waals surface area contributed by atoms with Crippen molar-refractivity contribution < 1.29 is 13.2 Å². The van der Waals surface area contributed by atoms with Gasteiger partial charge in [0.05, 0.1) is 4.90 Å². The third-order valence-corrected chi connectivity index (χ3v) is 6.98. The molecule has 1 fully saturated rings. The van der Waals surface area contributed by atoms with Crippen LogP contribution in [0.5, 0.6) is 0 Å². The maximum atomic E-state index is 13.0. The van der Waals surface area contributed by atoms with Crippen LogP contribution in [-0.4, -0.2) is 50.3 Å². The number of hydrogen-bond donors (Lipinski definition) is 0. The predicted molar refractivity (Wildman–Crippen MR) is 110 cm³/mol. The van der Waals surface area contributed by atoms with E-state index in [-0.39, 0.29) is 10.8 Å². The summed E-state index contributed by atoms with van der Waals surface area (Å²) in [6.45, 7) is 5.94. The summed E-state index contributed by atoms with van der Waals surface area (Å²) in [4.78, 5) is 17.4. The molecule has 28 heavy (non-hydrogen) atoms. The summed E-state index contributed by atoms with van der Waals surface area (Å²) in [5, 5.41) is 1.18. The van der Waals surface area contributed by atoms with E-state index in [1.807, 2.05) is 4.90 Å². The Morgan fingerprint density at radius 2 is 1.64 bits per heavy atom. The molecule has 2 aromatic carbocycles. The maximum absolute atomic E-state index is 13.0. The Labute approximate surface area is 166 Å². The van der Waals surface area contributed by atoms with Gasteiger partial charge in [0, 0.05) is 49.3 Å². The van der Waals surface area contributed by atoms with Gasteiger partial charge in [-0.1, -0.05) is 37.3 Å². The number of carbonyl (C=O) groups is 1. The van der Waals surface area contributed by atoms with Gasteiger partial charge in [-0.15, -0.1) is 0 Å². The molecule has 2 heterocycles. The van der Waals surface area contributed by atoms with Gasteiger partial charge in [0.15, 0.2) is 9.84 Å². The Hall–Kier alpha value is -2.44. The van der Waals surface area contributed by atoms with Crippen molar-refractivity contribution >= 4 is 21.8 Å². The molecule has 1 saturated heterocycles. The molecular weight excluding hydrogens is 372 g/mol. The fraction of sp³-hybridized carbons (Fsp3) is 0.318. The Kier molecular flexibility index (Phi) is 5.08. The molecule has 0 unspecified atom stereocenters. The summed E-state index contributed by atoms with van der Waals surface area (Å²) in [5.74, 6) is -0.0921. The van der Waals surface area contributed by atoms with Gasteiger partial charge in [-0.05, 0) is 35.8 Å². The summed E-state index contributed by atoms with van der Waals surface area (Å²) in [6, 6.07) is 13.6. The first-order valence-corrected chi connectivity index (χ1v) is 11.2. The highest BCUT2D eigenvalue weighted by molar-refractivity contribution is 7.94. The van der Waals surface area contributed by atoms with Crippen LogP contribution in [0.15, 0.2) is 52.8 Å². The Balaban J connectivity index is 1.41. The first-order valence-electron chi connectivity index (χ1n) is 9.63. The smallest absolute Gasteiger partial charge is 0.254 e. The lowest BCUT2D eigenvalue weighted by molar-refractivity contribution is 0.0628. The van der Waals surface area contributed by atoms with Crippen LogP contribution in [0.25, 0.3) is 6.08 Å². The number of aryl methyl sites for hydroxylation is 1. The summed E-state index contributed by atoms with van der Waals surface area (Å²) in [5.41, 5.74) is 3.61. The lowest BCUT2D eigenvalue weighted by Crippen LogP contribution is -2.48. The monoisotopic (exact) mass is 396 g/mol. The highest BCUT2D eigenvalue weighted by atomic mass is 32.2. The van der Waals surface area contributed by atoms with Crippen molar-refractivity contribution in [3.05, 3.63) is 70.1 Å². The molecule has 0 aromatic heterocycles. The SMILES string of the molecule is CCc1ccc(CN2CCN(C(=O)c3cccc4c3C=CS4(=O)=O)CC2)cc1.